The average molecular weight is 401 g/mol. The standard InChI is InChI=1S/C19H19N3O5S/c1-2-27-18(23)15-16(12-6-4-3-5-7-12)21-19(24)22-17(15)13-8-10-14(11-9-13)28(20,25)26/h3-11,17H,2H2,1H3,(H2,20,25,26)(H2,21,22,24). The quantitative estimate of drug-likeness (QED) is 0.657. The van der Waals surface area contributed by atoms with Crippen LogP contribution in [0.25, 0.3) is 5.70 Å². The van der Waals surface area contributed by atoms with Crippen molar-refractivity contribution in [2.45, 2.75) is 17.9 Å². The average Bonchev–Trinajstić information content (AvgIpc) is 2.67. The number of carbonyl (C=O) groups is 2. The van der Waals surface area contributed by atoms with Gasteiger partial charge in [-0.3, -0.25) is 0 Å². The van der Waals surface area contributed by atoms with Crippen molar-refractivity contribution < 1.29 is 22.7 Å². The molecule has 2 amide bonds. The zero-order chi connectivity index (χ0) is 20.3. The second kappa shape index (κ2) is 7.83. The van der Waals surface area contributed by atoms with Gasteiger partial charge in [0, 0.05) is 0 Å². The van der Waals surface area contributed by atoms with Gasteiger partial charge in [-0.25, -0.2) is 23.1 Å². The maximum absolute atomic E-state index is 12.7. The fraction of sp³-hybridized carbons (Fsp3) is 0.158. The van der Waals surface area contributed by atoms with E-state index in [1.54, 1.807) is 31.2 Å². The minimum Gasteiger partial charge on any atom is -0.463 e. The molecule has 1 aliphatic rings. The second-order valence-corrected chi connectivity index (χ2v) is 7.58. The van der Waals surface area contributed by atoms with Gasteiger partial charge in [0.25, 0.3) is 0 Å². The molecule has 8 nitrogen and oxygen atoms in total. The van der Waals surface area contributed by atoms with E-state index in [4.69, 9.17) is 9.88 Å². The van der Waals surface area contributed by atoms with Crippen LogP contribution in [0.4, 0.5) is 4.79 Å². The summed E-state index contributed by atoms with van der Waals surface area (Å²) in [5.74, 6) is -0.589. The van der Waals surface area contributed by atoms with E-state index >= 15 is 0 Å². The summed E-state index contributed by atoms with van der Waals surface area (Å²) in [4.78, 5) is 24.9. The number of rotatable bonds is 5. The summed E-state index contributed by atoms with van der Waals surface area (Å²) >= 11 is 0. The molecule has 2 aromatic carbocycles. The van der Waals surface area contributed by atoms with Crippen LogP contribution in [0.2, 0.25) is 0 Å². The summed E-state index contributed by atoms with van der Waals surface area (Å²) in [6.45, 7) is 1.85. The number of amides is 2. The molecule has 0 saturated carbocycles. The van der Waals surface area contributed by atoms with Gasteiger partial charge in [-0.2, -0.15) is 0 Å². The summed E-state index contributed by atoms with van der Waals surface area (Å²) in [5, 5.41) is 10.5. The van der Waals surface area contributed by atoms with Gasteiger partial charge in [0.1, 0.15) is 0 Å². The van der Waals surface area contributed by atoms with Crippen molar-refractivity contribution in [2.75, 3.05) is 6.61 Å². The topological polar surface area (TPSA) is 128 Å². The van der Waals surface area contributed by atoms with E-state index in [0.717, 1.165) is 0 Å². The highest BCUT2D eigenvalue weighted by molar-refractivity contribution is 7.89. The first-order valence-electron chi connectivity index (χ1n) is 8.48. The summed E-state index contributed by atoms with van der Waals surface area (Å²) in [7, 11) is -3.86. The van der Waals surface area contributed by atoms with Crippen LogP contribution in [0.15, 0.2) is 65.1 Å². The summed E-state index contributed by atoms with van der Waals surface area (Å²) in [6.07, 6.45) is 0. The monoisotopic (exact) mass is 401 g/mol. The van der Waals surface area contributed by atoms with E-state index in [1.807, 2.05) is 6.07 Å². The highest BCUT2D eigenvalue weighted by Gasteiger charge is 2.34. The van der Waals surface area contributed by atoms with E-state index in [9.17, 15) is 18.0 Å². The Morgan fingerprint density at radius 1 is 1.11 bits per heavy atom. The van der Waals surface area contributed by atoms with Crippen LogP contribution < -0.4 is 15.8 Å². The molecular weight excluding hydrogens is 382 g/mol. The number of benzene rings is 2. The van der Waals surface area contributed by atoms with Gasteiger partial charge in [-0.15, -0.1) is 0 Å². The molecule has 0 saturated heterocycles. The number of ether oxygens (including phenoxy) is 1. The summed E-state index contributed by atoms with van der Waals surface area (Å²) in [5.41, 5.74) is 1.71. The highest BCUT2D eigenvalue weighted by atomic mass is 32.2. The van der Waals surface area contributed by atoms with Crippen LogP contribution in [0.5, 0.6) is 0 Å². The fourth-order valence-electron chi connectivity index (χ4n) is 2.93. The van der Waals surface area contributed by atoms with Gasteiger partial charge in [-0.1, -0.05) is 42.5 Å². The number of hydrogen-bond donors (Lipinski definition) is 3. The van der Waals surface area contributed by atoms with Crippen molar-refractivity contribution in [2.24, 2.45) is 5.14 Å². The molecule has 0 bridgehead atoms. The molecule has 146 valence electrons. The number of hydrogen-bond acceptors (Lipinski definition) is 5. The molecule has 4 N–H and O–H groups in total. The number of esters is 1. The third-order valence-corrected chi connectivity index (χ3v) is 5.10. The van der Waals surface area contributed by atoms with Crippen LogP contribution in [0, 0.1) is 0 Å². The Hall–Kier alpha value is -3.17. The molecule has 0 fully saturated rings. The third-order valence-electron chi connectivity index (χ3n) is 4.17. The lowest BCUT2D eigenvalue weighted by molar-refractivity contribution is -0.138. The number of primary sulfonamides is 1. The van der Waals surface area contributed by atoms with Gasteiger partial charge >= 0.3 is 12.0 Å². The van der Waals surface area contributed by atoms with Crippen molar-refractivity contribution in [3.63, 3.8) is 0 Å². The number of urea groups is 1. The SMILES string of the molecule is CCOC(=O)C1=C(c2ccccc2)NC(=O)NC1c1ccc(S(N)(=O)=O)cc1. The first kappa shape index (κ1) is 19.6. The van der Waals surface area contributed by atoms with Crippen LogP contribution >= 0.6 is 0 Å². The molecule has 1 unspecified atom stereocenters. The Morgan fingerprint density at radius 3 is 2.32 bits per heavy atom. The third kappa shape index (κ3) is 4.05. The lowest BCUT2D eigenvalue weighted by atomic mass is 9.93. The maximum Gasteiger partial charge on any atom is 0.338 e. The predicted octanol–water partition coefficient (Wildman–Crippen LogP) is 1.66. The molecule has 0 aromatic heterocycles. The molecule has 0 aliphatic carbocycles. The molecule has 2 aromatic rings. The first-order valence-corrected chi connectivity index (χ1v) is 10.0. The molecule has 1 aliphatic heterocycles. The van der Waals surface area contributed by atoms with Crippen molar-refractivity contribution >= 4 is 27.7 Å². The number of nitrogens with two attached hydrogens (primary N) is 1. The van der Waals surface area contributed by atoms with Crippen LogP contribution in [-0.2, 0) is 19.6 Å². The normalized spacial score (nSPS) is 16.9. The smallest absolute Gasteiger partial charge is 0.338 e. The summed E-state index contributed by atoms with van der Waals surface area (Å²) in [6, 6.07) is 13.3. The first-order chi connectivity index (χ1) is 13.3. The Kier molecular flexibility index (Phi) is 5.48. The van der Waals surface area contributed by atoms with E-state index in [0.29, 0.717) is 16.8 Å². The van der Waals surface area contributed by atoms with Gasteiger partial charge < -0.3 is 15.4 Å². The van der Waals surface area contributed by atoms with E-state index in [2.05, 4.69) is 10.6 Å². The Bertz CT molecular complexity index is 1030. The number of carbonyl (C=O) groups excluding carboxylic acids is 2. The van der Waals surface area contributed by atoms with Crippen molar-refractivity contribution in [3.8, 4) is 0 Å². The van der Waals surface area contributed by atoms with E-state index in [-0.39, 0.29) is 17.1 Å². The lowest BCUT2D eigenvalue weighted by Crippen LogP contribution is -2.45. The Balaban J connectivity index is 2.14. The maximum atomic E-state index is 12.7. The predicted molar refractivity (Wildman–Crippen MR) is 102 cm³/mol. The minimum atomic E-state index is -3.86. The molecule has 1 atom stereocenters. The van der Waals surface area contributed by atoms with Crippen LogP contribution in [0.3, 0.4) is 0 Å². The zero-order valence-electron chi connectivity index (χ0n) is 15.0. The molecule has 3 rings (SSSR count). The zero-order valence-corrected chi connectivity index (χ0v) is 15.8. The van der Waals surface area contributed by atoms with E-state index in [1.165, 1.54) is 24.3 Å². The number of sulfonamides is 1. The van der Waals surface area contributed by atoms with Crippen molar-refractivity contribution in [1.82, 2.24) is 10.6 Å². The Morgan fingerprint density at radius 2 is 1.75 bits per heavy atom. The van der Waals surface area contributed by atoms with E-state index < -0.39 is 28.1 Å². The highest BCUT2D eigenvalue weighted by Crippen LogP contribution is 2.32. The van der Waals surface area contributed by atoms with Crippen LogP contribution in [0.1, 0.15) is 24.1 Å². The fourth-order valence-corrected chi connectivity index (χ4v) is 3.44. The minimum absolute atomic E-state index is 0.0681. The molecule has 0 radical (unpaired) electrons. The van der Waals surface area contributed by atoms with Crippen molar-refractivity contribution in [3.05, 3.63) is 71.3 Å². The molecule has 9 heteroatoms. The molecule has 28 heavy (non-hydrogen) atoms. The second-order valence-electron chi connectivity index (χ2n) is 6.02. The van der Waals surface area contributed by atoms with Gasteiger partial charge in [0.2, 0.25) is 10.0 Å². The summed E-state index contributed by atoms with van der Waals surface area (Å²) < 4.78 is 28.2. The Labute approximate surface area is 162 Å². The van der Waals surface area contributed by atoms with Crippen LogP contribution in [-0.4, -0.2) is 27.0 Å². The van der Waals surface area contributed by atoms with Gasteiger partial charge in [0.15, 0.2) is 0 Å². The van der Waals surface area contributed by atoms with Gasteiger partial charge in [-0.05, 0) is 30.2 Å². The molecule has 1 heterocycles. The van der Waals surface area contributed by atoms with Crippen molar-refractivity contribution in [1.29, 1.82) is 0 Å². The number of nitrogens with one attached hydrogen (secondary N) is 2. The largest absolute Gasteiger partial charge is 0.463 e. The van der Waals surface area contributed by atoms with Gasteiger partial charge in [0.05, 0.1) is 28.8 Å². The lowest BCUT2D eigenvalue weighted by Gasteiger charge is -2.29. The molecular formula is C19H19N3O5S. The molecule has 0 spiro atoms.